The number of alkyl carbamates (subject to hydrolysis) is 1. The summed E-state index contributed by atoms with van der Waals surface area (Å²) >= 11 is 0. The molecule has 2 aromatic carbocycles. The van der Waals surface area contributed by atoms with E-state index in [1.54, 1.807) is 0 Å². The van der Waals surface area contributed by atoms with Gasteiger partial charge in [-0.3, -0.25) is 0 Å². The number of benzene rings is 2. The van der Waals surface area contributed by atoms with Crippen LogP contribution in [0.15, 0.2) is 48.5 Å². The normalized spacial score (nSPS) is 10.5. The Morgan fingerprint density at radius 1 is 1.15 bits per heavy atom. The third-order valence-electron chi connectivity index (χ3n) is 3.47. The summed E-state index contributed by atoms with van der Waals surface area (Å²) < 4.78 is 48.6. The van der Waals surface area contributed by atoms with E-state index in [4.69, 9.17) is 9.47 Å². The van der Waals surface area contributed by atoms with Crippen molar-refractivity contribution in [2.24, 2.45) is 0 Å². The largest absolute Gasteiger partial charge is 0.496 e. The molecular weight excluding hydrogens is 359 g/mol. The topological polar surface area (TPSA) is 47.6 Å². The number of rotatable bonds is 5. The number of ether oxygens (including phenoxy) is 2. The van der Waals surface area contributed by atoms with Crippen molar-refractivity contribution >= 4 is 6.09 Å². The van der Waals surface area contributed by atoms with Crippen LogP contribution in [-0.4, -0.2) is 19.7 Å². The van der Waals surface area contributed by atoms with Gasteiger partial charge in [0.2, 0.25) is 0 Å². The van der Waals surface area contributed by atoms with Gasteiger partial charge in [0.1, 0.15) is 12.4 Å². The zero-order valence-electron chi connectivity index (χ0n) is 14.6. The Morgan fingerprint density at radius 3 is 2.56 bits per heavy atom. The summed E-state index contributed by atoms with van der Waals surface area (Å²) in [7, 11) is 1.18. The van der Waals surface area contributed by atoms with Gasteiger partial charge in [-0.1, -0.05) is 42.2 Å². The lowest BCUT2D eigenvalue weighted by Gasteiger charge is -2.11. The van der Waals surface area contributed by atoms with E-state index in [1.807, 2.05) is 30.3 Å². The molecule has 0 saturated heterocycles. The van der Waals surface area contributed by atoms with E-state index >= 15 is 0 Å². The van der Waals surface area contributed by atoms with Crippen LogP contribution in [0.1, 0.15) is 23.1 Å². The predicted molar refractivity (Wildman–Crippen MR) is 94.1 cm³/mol. The Bertz CT molecular complexity index is 824. The zero-order valence-corrected chi connectivity index (χ0v) is 14.6. The Hall–Kier alpha value is -3.14. The van der Waals surface area contributed by atoms with Crippen LogP contribution in [0.5, 0.6) is 5.75 Å². The zero-order chi connectivity index (χ0) is 19.7. The van der Waals surface area contributed by atoms with Crippen molar-refractivity contribution in [2.45, 2.75) is 19.2 Å². The second kappa shape index (κ2) is 9.53. The van der Waals surface area contributed by atoms with Gasteiger partial charge in [0.25, 0.3) is 0 Å². The Labute approximate surface area is 155 Å². The molecule has 4 nitrogen and oxygen atoms in total. The summed E-state index contributed by atoms with van der Waals surface area (Å²) in [5.74, 6) is 5.11. The fourth-order valence-electron chi connectivity index (χ4n) is 2.17. The van der Waals surface area contributed by atoms with Gasteiger partial charge in [0.15, 0.2) is 0 Å². The SMILES string of the molecule is COc1ccc(C#CCCNC(=O)OCc2ccccc2)cc1C(F)(F)F. The monoisotopic (exact) mass is 377 g/mol. The summed E-state index contributed by atoms with van der Waals surface area (Å²) in [6.45, 7) is 0.382. The van der Waals surface area contributed by atoms with Crippen molar-refractivity contribution in [1.82, 2.24) is 5.32 Å². The van der Waals surface area contributed by atoms with Gasteiger partial charge >= 0.3 is 12.3 Å². The van der Waals surface area contributed by atoms with Crippen molar-refractivity contribution in [2.75, 3.05) is 13.7 Å². The van der Waals surface area contributed by atoms with Gasteiger partial charge in [-0.2, -0.15) is 13.2 Å². The Morgan fingerprint density at radius 2 is 1.89 bits per heavy atom. The quantitative estimate of drug-likeness (QED) is 0.621. The molecule has 27 heavy (non-hydrogen) atoms. The molecule has 0 spiro atoms. The van der Waals surface area contributed by atoms with Crippen LogP contribution in [0.25, 0.3) is 0 Å². The fraction of sp³-hybridized carbons (Fsp3) is 0.250. The predicted octanol–water partition coefficient (Wildman–Crippen LogP) is 4.38. The lowest BCUT2D eigenvalue weighted by atomic mass is 10.1. The maximum Gasteiger partial charge on any atom is 0.420 e. The number of carbonyl (C=O) groups is 1. The standard InChI is InChI=1S/C20H18F3NO3/c1-26-18-11-10-15(13-17(18)20(21,22)23)7-5-6-12-24-19(25)27-14-16-8-3-2-4-9-16/h2-4,8-11,13H,6,12,14H2,1H3,(H,24,25). The van der Waals surface area contributed by atoms with Crippen LogP contribution >= 0.6 is 0 Å². The molecule has 1 N–H and O–H groups in total. The van der Waals surface area contributed by atoms with Crippen LogP contribution in [0.2, 0.25) is 0 Å². The van der Waals surface area contributed by atoms with E-state index in [-0.39, 0.29) is 30.9 Å². The molecule has 0 aliphatic heterocycles. The van der Waals surface area contributed by atoms with E-state index in [9.17, 15) is 18.0 Å². The molecule has 0 saturated carbocycles. The van der Waals surface area contributed by atoms with E-state index in [0.29, 0.717) is 0 Å². The third kappa shape index (κ3) is 6.59. The third-order valence-corrected chi connectivity index (χ3v) is 3.47. The number of halogens is 3. The summed E-state index contributed by atoms with van der Waals surface area (Å²) in [6, 6.07) is 12.8. The summed E-state index contributed by atoms with van der Waals surface area (Å²) in [5.41, 5.74) is 0.210. The van der Waals surface area contributed by atoms with Crippen LogP contribution < -0.4 is 10.1 Å². The first-order valence-electron chi connectivity index (χ1n) is 8.09. The summed E-state index contributed by atoms with van der Waals surface area (Å²) in [5, 5.41) is 2.53. The first kappa shape index (κ1) is 20.2. The molecule has 0 bridgehead atoms. The molecule has 2 rings (SSSR count). The van der Waals surface area contributed by atoms with Crippen LogP contribution in [0.4, 0.5) is 18.0 Å². The molecular formula is C20H18F3NO3. The smallest absolute Gasteiger partial charge is 0.420 e. The van der Waals surface area contributed by atoms with Crippen molar-refractivity contribution in [3.05, 3.63) is 65.2 Å². The molecule has 0 fully saturated rings. The van der Waals surface area contributed by atoms with Gasteiger partial charge in [-0.05, 0) is 23.8 Å². The second-order valence-corrected chi connectivity index (χ2v) is 5.45. The van der Waals surface area contributed by atoms with Crippen LogP contribution in [-0.2, 0) is 17.5 Å². The number of carbonyl (C=O) groups excluding carboxylic acids is 1. The molecule has 0 atom stereocenters. The number of hydrogen-bond donors (Lipinski definition) is 1. The molecule has 0 heterocycles. The van der Waals surface area contributed by atoms with Gasteiger partial charge in [0, 0.05) is 18.5 Å². The first-order valence-corrected chi connectivity index (χ1v) is 8.09. The van der Waals surface area contributed by atoms with Crippen molar-refractivity contribution in [3.63, 3.8) is 0 Å². The number of methoxy groups -OCH3 is 1. The highest BCUT2D eigenvalue weighted by Crippen LogP contribution is 2.36. The number of nitrogens with one attached hydrogen (secondary N) is 1. The van der Waals surface area contributed by atoms with E-state index in [1.165, 1.54) is 19.2 Å². The minimum Gasteiger partial charge on any atom is -0.496 e. The first-order chi connectivity index (χ1) is 12.9. The maximum atomic E-state index is 13.0. The minimum atomic E-state index is -4.52. The van der Waals surface area contributed by atoms with Gasteiger partial charge in [0.05, 0.1) is 12.7 Å². The van der Waals surface area contributed by atoms with Crippen molar-refractivity contribution in [1.29, 1.82) is 0 Å². The van der Waals surface area contributed by atoms with E-state index < -0.39 is 17.8 Å². The van der Waals surface area contributed by atoms with Gasteiger partial charge in [-0.25, -0.2) is 4.79 Å². The molecule has 0 aliphatic carbocycles. The highest BCUT2D eigenvalue weighted by molar-refractivity contribution is 5.67. The van der Waals surface area contributed by atoms with Crippen molar-refractivity contribution < 1.29 is 27.4 Å². The van der Waals surface area contributed by atoms with Gasteiger partial charge in [-0.15, -0.1) is 0 Å². The molecule has 0 unspecified atom stereocenters. The van der Waals surface area contributed by atoms with E-state index in [2.05, 4.69) is 17.2 Å². The summed E-state index contributed by atoms with van der Waals surface area (Å²) in [4.78, 5) is 11.6. The molecule has 0 aliphatic rings. The summed E-state index contributed by atoms with van der Waals surface area (Å²) in [6.07, 6.45) is -4.83. The molecule has 0 radical (unpaired) electrons. The average molecular weight is 377 g/mol. The molecule has 2 aromatic rings. The van der Waals surface area contributed by atoms with Gasteiger partial charge < -0.3 is 14.8 Å². The van der Waals surface area contributed by atoms with Crippen LogP contribution in [0, 0.1) is 11.8 Å². The highest BCUT2D eigenvalue weighted by Gasteiger charge is 2.34. The lowest BCUT2D eigenvalue weighted by Crippen LogP contribution is -2.24. The van der Waals surface area contributed by atoms with Crippen molar-refractivity contribution in [3.8, 4) is 17.6 Å². The van der Waals surface area contributed by atoms with Crippen LogP contribution in [0.3, 0.4) is 0 Å². The molecule has 142 valence electrons. The Balaban J connectivity index is 1.81. The Kier molecular flexibility index (Phi) is 7.12. The molecule has 1 amide bonds. The number of alkyl halides is 3. The average Bonchev–Trinajstić information content (AvgIpc) is 2.66. The number of amides is 1. The van der Waals surface area contributed by atoms with E-state index in [0.717, 1.165) is 11.6 Å². The fourth-order valence-corrected chi connectivity index (χ4v) is 2.17. The lowest BCUT2D eigenvalue weighted by molar-refractivity contribution is -0.138. The minimum absolute atomic E-state index is 0.157. The number of hydrogen-bond acceptors (Lipinski definition) is 3. The second-order valence-electron chi connectivity index (χ2n) is 5.45. The highest BCUT2D eigenvalue weighted by atomic mass is 19.4. The molecule has 7 heteroatoms. The molecule has 0 aromatic heterocycles. The maximum absolute atomic E-state index is 13.0.